The van der Waals surface area contributed by atoms with Gasteiger partial charge in [-0.05, 0) is 27.2 Å². The van der Waals surface area contributed by atoms with Crippen molar-refractivity contribution in [3.63, 3.8) is 0 Å². The van der Waals surface area contributed by atoms with Crippen molar-refractivity contribution in [2.45, 2.75) is 69.1 Å². The number of Topliss-reactive ketones (excluding diaryl/α,β-unsaturated/α-hetero) is 3. The molecular formula is C31H30N2O10S. The standard InChI is InChI=1S/C31H30N2O10S/c1-11-23(36)20-19(24(37)26(11)39-5)21-22-29-18-17(28-27(41-10-42-28)12(2)25(18)43-13(3)34)15(8-40-30(38)16(35)9-44-29)32(22)7-14-6-31(20,4)33(14)21/h14-15,21-22,29H,6-10H2,1-5H3/t14?,15-,21?,22?,29+,31+/m0/s1. The van der Waals surface area contributed by atoms with Crippen LogP contribution in [0.15, 0.2) is 22.5 Å². The van der Waals surface area contributed by atoms with Gasteiger partial charge in [0.2, 0.25) is 18.4 Å². The van der Waals surface area contributed by atoms with Crippen molar-refractivity contribution in [2.24, 2.45) is 0 Å². The monoisotopic (exact) mass is 622 g/mol. The summed E-state index contributed by atoms with van der Waals surface area (Å²) in [5.74, 6) is -1.55. The summed E-state index contributed by atoms with van der Waals surface area (Å²) in [6, 6.07) is -1.60. The highest BCUT2D eigenvalue weighted by molar-refractivity contribution is 8.00. The molecule has 1 aromatic rings. The van der Waals surface area contributed by atoms with E-state index in [2.05, 4.69) is 9.80 Å². The van der Waals surface area contributed by atoms with E-state index in [1.54, 1.807) is 13.8 Å². The molecule has 12 nitrogen and oxygen atoms in total. The van der Waals surface area contributed by atoms with Crippen LogP contribution >= 0.6 is 11.8 Å². The number of carbonyl (C=O) groups is 5. The summed E-state index contributed by atoms with van der Waals surface area (Å²) in [7, 11) is 1.39. The van der Waals surface area contributed by atoms with Gasteiger partial charge in [-0.15, -0.1) is 11.8 Å². The largest absolute Gasteiger partial charge is 0.492 e. The fourth-order valence-electron chi connectivity index (χ4n) is 8.80. The van der Waals surface area contributed by atoms with E-state index in [9.17, 15) is 24.0 Å². The minimum atomic E-state index is -0.914. The number of fused-ring (bicyclic) bond motifs is 7. The summed E-state index contributed by atoms with van der Waals surface area (Å²) < 4.78 is 28.9. The van der Waals surface area contributed by atoms with Crippen LogP contribution in [-0.2, 0) is 33.4 Å². The van der Waals surface area contributed by atoms with Crippen molar-refractivity contribution in [3.05, 3.63) is 39.2 Å². The molecule has 13 heteroatoms. The third-order valence-electron chi connectivity index (χ3n) is 10.3. The molecule has 0 spiro atoms. The number of ketones is 3. The predicted molar refractivity (Wildman–Crippen MR) is 152 cm³/mol. The lowest BCUT2D eigenvalue weighted by Gasteiger charge is -2.65. The van der Waals surface area contributed by atoms with Crippen LogP contribution < -0.4 is 14.2 Å². The number of nitrogens with zero attached hydrogens (tertiary/aromatic N) is 2. The van der Waals surface area contributed by atoms with E-state index in [-0.39, 0.29) is 42.5 Å². The molecule has 8 rings (SSSR count). The molecule has 6 heterocycles. The maximum Gasteiger partial charge on any atom is 0.375 e. The lowest BCUT2D eigenvalue weighted by Crippen LogP contribution is -2.76. The fraction of sp³-hybridized carbons (Fsp3) is 0.516. The van der Waals surface area contributed by atoms with Crippen molar-refractivity contribution in [1.82, 2.24) is 9.80 Å². The SMILES string of the molecule is COC1=C(C)C(=O)C2=C(C1=O)C1C3[C@@H]4SCC(=O)C(=O)OC[C@@H](c5c6c(c(C)c(OC(C)=O)c54)OCO6)N3CC3C[C@@]2(C)N31. The van der Waals surface area contributed by atoms with Crippen molar-refractivity contribution < 1.29 is 47.7 Å². The molecule has 2 bridgehead atoms. The van der Waals surface area contributed by atoms with Gasteiger partial charge in [-0.25, -0.2) is 4.79 Å². The second kappa shape index (κ2) is 9.18. The summed E-state index contributed by atoms with van der Waals surface area (Å²) in [6.07, 6.45) is 0.667. The van der Waals surface area contributed by atoms with Crippen LogP contribution in [0.2, 0.25) is 0 Å². The molecule has 230 valence electrons. The topological polar surface area (TPSA) is 138 Å². The first-order valence-electron chi connectivity index (χ1n) is 14.6. The van der Waals surface area contributed by atoms with Gasteiger partial charge in [0.05, 0.1) is 35.7 Å². The molecule has 44 heavy (non-hydrogen) atoms. The van der Waals surface area contributed by atoms with E-state index in [1.165, 1.54) is 25.8 Å². The Balaban J connectivity index is 1.40. The first-order chi connectivity index (χ1) is 21.0. The quantitative estimate of drug-likeness (QED) is 0.206. The van der Waals surface area contributed by atoms with Crippen LogP contribution in [0.4, 0.5) is 0 Å². The zero-order chi connectivity index (χ0) is 31.0. The van der Waals surface area contributed by atoms with E-state index in [4.69, 9.17) is 23.7 Å². The van der Waals surface area contributed by atoms with Gasteiger partial charge in [-0.1, -0.05) is 0 Å². The molecule has 3 saturated heterocycles. The number of rotatable bonds is 2. The summed E-state index contributed by atoms with van der Waals surface area (Å²) in [5.41, 5.74) is 2.47. The van der Waals surface area contributed by atoms with Crippen molar-refractivity contribution in [3.8, 4) is 17.2 Å². The summed E-state index contributed by atoms with van der Waals surface area (Å²) in [4.78, 5) is 70.7. The first-order valence-corrected chi connectivity index (χ1v) is 15.6. The molecule has 1 aliphatic carbocycles. The molecule has 6 aliphatic heterocycles. The molecule has 0 amide bonds. The molecule has 0 radical (unpaired) electrons. The minimum absolute atomic E-state index is 0.0114. The maximum atomic E-state index is 14.2. The van der Waals surface area contributed by atoms with E-state index in [0.29, 0.717) is 63.6 Å². The van der Waals surface area contributed by atoms with Gasteiger partial charge in [0, 0.05) is 59.0 Å². The predicted octanol–water partition coefficient (Wildman–Crippen LogP) is 1.87. The molecule has 3 unspecified atom stereocenters. The van der Waals surface area contributed by atoms with E-state index in [1.807, 2.05) is 6.92 Å². The van der Waals surface area contributed by atoms with Crippen LogP contribution in [0, 0.1) is 6.92 Å². The second-order valence-corrected chi connectivity index (χ2v) is 13.6. The molecule has 0 aromatic heterocycles. The van der Waals surface area contributed by atoms with Gasteiger partial charge in [0.1, 0.15) is 12.4 Å². The van der Waals surface area contributed by atoms with Crippen molar-refractivity contribution in [2.75, 3.05) is 32.8 Å². The second-order valence-electron chi connectivity index (χ2n) is 12.5. The summed E-state index contributed by atoms with van der Waals surface area (Å²) >= 11 is 1.24. The van der Waals surface area contributed by atoms with Crippen LogP contribution in [0.3, 0.4) is 0 Å². The number of hydrogen-bond acceptors (Lipinski definition) is 13. The van der Waals surface area contributed by atoms with E-state index >= 15 is 0 Å². The Morgan fingerprint density at radius 1 is 1.05 bits per heavy atom. The van der Waals surface area contributed by atoms with Crippen LogP contribution in [-0.4, -0.2) is 95.6 Å². The molecule has 0 saturated carbocycles. The highest BCUT2D eigenvalue weighted by Crippen LogP contribution is 2.65. The van der Waals surface area contributed by atoms with Gasteiger partial charge >= 0.3 is 11.9 Å². The number of cyclic esters (lactones) is 1. The van der Waals surface area contributed by atoms with Gasteiger partial charge in [0.15, 0.2) is 23.0 Å². The Morgan fingerprint density at radius 2 is 1.80 bits per heavy atom. The van der Waals surface area contributed by atoms with Crippen LogP contribution in [0.5, 0.6) is 17.2 Å². The third kappa shape index (κ3) is 3.29. The molecule has 0 N–H and O–H groups in total. The van der Waals surface area contributed by atoms with Gasteiger partial charge in [0.25, 0.3) is 0 Å². The van der Waals surface area contributed by atoms with Crippen molar-refractivity contribution in [1.29, 1.82) is 0 Å². The number of esters is 2. The van der Waals surface area contributed by atoms with Gasteiger partial charge in [-0.2, -0.15) is 0 Å². The lowest BCUT2D eigenvalue weighted by molar-refractivity contribution is -0.160. The highest BCUT2D eigenvalue weighted by Gasteiger charge is 2.70. The number of thioether (sulfide) groups is 1. The minimum Gasteiger partial charge on any atom is -0.492 e. The Morgan fingerprint density at radius 3 is 2.52 bits per heavy atom. The fourth-order valence-corrected chi connectivity index (χ4v) is 10.2. The maximum absolute atomic E-state index is 14.2. The van der Waals surface area contributed by atoms with Crippen LogP contribution in [0.25, 0.3) is 0 Å². The zero-order valence-corrected chi connectivity index (χ0v) is 25.6. The van der Waals surface area contributed by atoms with Gasteiger partial charge < -0.3 is 23.7 Å². The number of hydrogen-bond donors (Lipinski definition) is 0. The average Bonchev–Trinajstić information content (AvgIpc) is 3.55. The lowest BCUT2D eigenvalue weighted by atomic mass is 9.71. The van der Waals surface area contributed by atoms with Crippen molar-refractivity contribution >= 4 is 41.1 Å². The number of allylic oxidation sites excluding steroid dienone is 2. The Bertz CT molecular complexity index is 1710. The van der Waals surface area contributed by atoms with E-state index < -0.39 is 46.6 Å². The Labute approximate surface area is 256 Å². The zero-order valence-electron chi connectivity index (χ0n) is 24.8. The average molecular weight is 623 g/mol. The molecule has 7 aliphatic rings. The molecule has 6 atom stereocenters. The summed E-state index contributed by atoms with van der Waals surface area (Å²) in [6.45, 7) is 7.10. The van der Waals surface area contributed by atoms with Crippen LogP contribution in [0.1, 0.15) is 55.2 Å². The number of piperazine rings is 1. The molecular weight excluding hydrogens is 592 g/mol. The highest BCUT2D eigenvalue weighted by atomic mass is 32.2. The molecule has 1 aromatic carbocycles. The normalized spacial score (nSPS) is 33.8. The first kappa shape index (κ1) is 27.8. The third-order valence-corrected chi connectivity index (χ3v) is 11.6. The Kier molecular flexibility index (Phi) is 5.81. The summed E-state index contributed by atoms with van der Waals surface area (Å²) in [5, 5.41) is -0.567. The Hall–Kier alpha value is -3.68. The number of ether oxygens (including phenoxy) is 5. The smallest absolute Gasteiger partial charge is 0.375 e. The number of methoxy groups -OCH3 is 1. The van der Waals surface area contributed by atoms with Gasteiger partial charge in [-0.3, -0.25) is 29.0 Å². The number of carbonyl (C=O) groups excluding carboxylic acids is 5. The number of benzene rings is 1. The molecule has 3 fully saturated rings. The van der Waals surface area contributed by atoms with E-state index in [0.717, 1.165) is 0 Å².